The minimum atomic E-state index is 0.452. The van der Waals surface area contributed by atoms with Gasteiger partial charge in [0.2, 0.25) is 0 Å². The van der Waals surface area contributed by atoms with Crippen LogP contribution < -0.4 is 0 Å². The smallest absolute Gasteiger partial charge is 0.268 e. The lowest BCUT2D eigenvalue weighted by Crippen LogP contribution is -1.90. The summed E-state index contributed by atoms with van der Waals surface area (Å²) in [6.45, 7) is 1.96. The summed E-state index contributed by atoms with van der Waals surface area (Å²) in [6.07, 6.45) is 0.560. The quantitative estimate of drug-likeness (QED) is 0.740. The molecule has 0 spiro atoms. The van der Waals surface area contributed by atoms with Crippen molar-refractivity contribution in [2.24, 2.45) is 0 Å². The number of aromatic nitrogens is 3. The highest BCUT2D eigenvalue weighted by molar-refractivity contribution is 7.15. The zero-order chi connectivity index (χ0) is 13.2. The first kappa shape index (κ1) is 12.0. The maximum Gasteiger partial charge on any atom is 0.268 e. The van der Waals surface area contributed by atoms with Crippen molar-refractivity contribution in [3.8, 4) is 16.8 Å². The van der Waals surface area contributed by atoms with Gasteiger partial charge in [-0.05, 0) is 19.1 Å². The van der Waals surface area contributed by atoms with Gasteiger partial charge in [0, 0.05) is 5.38 Å². The summed E-state index contributed by atoms with van der Waals surface area (Å²) in [5.74, 6) is 1.06. The van der Waals surface area contributed by atoms with Crippen molar-refractivity contribution >= 4 is 22.7 Å². The van der Waals surface area contributed by atoms with Crippen molar-refractivity contribution < 1.29 is 4.52 Å². The molecule has 3 rings (SSSR count). The summed E-state index contributed by atoms with van der Waals surface area (Å²) >= 11 is 2.94. The number of aryl methyl sites for hydroxylation is 1. The van der Waals surface area contributed by atoms with E-state index in [2.05, 4.69) is 21.2 Å². The zero-order valence-electron chi connectivity index (χ0n) is 9.95. The third kappa shape index (κ3) is 2.54. The summed E-state index contributed by atoms with van der Waals surface area (Å²) in [4.78, 5) is 10.1. The molecule has 0 atom stereocenters. The van der Waals surface area contributed by atoms with Crippen molar-refractivity contribution in [1.29, 1.82) is 5.26 Å². The Morgan fingerprint density at radius 1 is 1.37 bits per heavy atom. The van der Waals surface area contributed by atoms with Crippen LogP contribution in [-0.4, -0.2) is 15.1 Å². The molecular formula is C12H8N4OS2. The molecule has 0 N–H and O–H groups in total. The van der Waals surface area contributed by atoms with Crippen LogP contribution in [0.25, 0.3) is 10.8 Å². The molecule has 7 heteroatoms. The van der Waals surface area contributed by atoms with Crippen molar-refractivity contribution in [2.45, 2.75) is 13.3 Å². The lowest BCUT2D eigenvalue weighted by Gasteiger charge is -1.87. The van der Waals surface area contributed by atoms with E-state index in [1.165, 1.54) is 11.3 Å². The van der Waals surface area contributed by atoms with Crippen LogP contribution in [0.1, 0.15) is 21.4 Å². The fraction of sp³-hybridized carbons (Fsp3) is 0.167. The minimum Gasteiger partial charge on any atom is -0.333 e. The molecule has 0 fully saturated rings. The van der Waals surface area contributed by atoms with Crippen LogP contribution in [-0.2, 0) is 6.42 Å². The normalized spacial score (nSPS) is 10.5. The number of thiophene rings is 1. The van der Waals surface area contributed by atoms with E-state index in [1.54, 1.807) is 17.4 Å². The standard InChI is InChI=1S/C12H8N4OS2/c1-7-14-8(6-18-7)4-11-15-12(17-16-11)10-3-2-9(5-13)19-10/h2-3,6H,4H2,1H3. The number of nitrogens with zero attached hydrogens (tertiary/aromatic N) is 4. The van der Waals surface area contributed by atoms with Gasteiger partial charge in [0.1, 0.15) is 10.9 Å². The Bertz CT molecular complexity index is 750. The van der Waals surface area contributed by atoms with E-state index < -0.39 is 0 Å². The van der Waals surface area contributed by atoms with E-state index in [-0.39, 0.29) is 0 Å². The van der Waals surface area contributed by atoms with E-state index in [0.717, 1.165) is 15.6 Å². The molecule has 0 bridgehead atoms. The maximum absolute atomic E-state index is 8.79. The van der Waals surface area contributed by atoms with Gasteiger partial charge in [0.05, 0.1) is 22.0 Å². The molecule has 5 nitrogen and oxygen atoms in total. The second kappa shape index (κ2) is 4.91. The summed E-state index contributed by atoms with van der Waals surface area (Å²) in [5.41, 5.74) is 0.943. The van der Waals surface area contributed by atoms with Crippen LogP contribution in [0.15, 0.2) is 22.0 Å². The molecule has 3 aromatic heterocycles. The first-order chi connectivity index (χ1) is 9.24. The Kier molecular flexibility index (Phi) is 3.11. The van der Waals surface area contributed by atoms with Gasteiger partial charge >= 0.3 is 0 Å². The molecule has 94 valence electrons. The van der Waals surface area contributed by atoms with E-state index >= 15 is 0 Å². The van der Waals surface area contributed by atoms with Gasteiger partial charge < -0.3 is 4.52 Å². The van der Waals surface area contributed by atoms with E-state index in [4.69, 9.17) is 9.78 Å². The molecule has 0 aliphatic rings. The molecule has 3 aromatic rings. The second-order valence-corrected chi connectivity index (χ2v) is 5.97. The number of thiazole rings is 1. The molecule has 0 unspecified atom stereocenters. The largest absolute Gasteiger partial charge is 0.333 e. The molecular weight excluding hydrogens is 280 g/mol. The zero-order valence-corrected chi connectivity index (χ0v) is 11.6. The van der Waals surface area contributed by atoms with Gasteiger partial charge in [-0.2, -0.15) is 10.2 Å². The lowest BCUT2D eigenvalue weighted by molar-refractivity contribution is 0.424. The summed E-state index contributed by atoms with van der Waals surface area (Å²) in [7, 11) is 0. The molecule has 0 aliphatic carbocycles. The van der Waals surface area contributed by atoms with E-state index in [9.17, 15) is 0 Å². The fourth-order valence-corrected chi connectivity index (χ4v) is 2.93. The Morgan fingerprint density at radius 3 is 2.95 bits per heavy atom. The number of rotatable bonds is 3. The van der Waals surface area contributed by atoms with E-state index in [0.29, 0.717) is 23.0 Å². The molecule has 19 heavy (non-hydrogen) atoms. The van der Waals surface area contributed by atoms with Gasteiger partial charge in [-0.25, -0.2) is 4.98 Å². The Balaban J connectivity index is 1.81. The number of hydrogen-bond donors (Lipinski definition) is 0. The van der Waals surface area contributed by atoms with Crippen LogP contribution >= 0.6 is 22.7 Å². The SMILES string of the molecule is Cc1nc(Cc2noc(-c3ccc(C#N)s3)n2)cs1. The summed E-state index contributed by atoms with van der Waals surface area (Å²) in [5, 5.41) is 15.7. The first-order valence-electron chi connectivity index (χ1n) is 5.48. The maximum atomic E-state index is 8.79. The van der Waals surface area contributed by atoms with Crippen LogP contribution in [0.3, 0.4) is 0 Å². The predicted octanol–water partition coefficient (Wildman–Crippen LogP) is 3.03. The highest BCUT2D eigenvalue weighted by Gasteiger charge is 2.12. The van der Waals surface area contributed by atoms with E-state index in [1.807, 2.05) is 18.4 Å². The van der Waals surface area contributed by atoms with Crippen molar-refractivity contribution in [3.05, 3.63) is 38.9 Å². The van der Waals surface area contributed by atoms with Gasteiger partial charge in [-0.1, -0.05) is 5.16 Å². The fourth-order valence-electron chi connectivity index (χ4n) is 1.59. The summed E-state index contributed by atoms with van der Waals surface area (Å²) in [6, 6.07) is 5.64. The molecule has 0 saturated heterocycles. The highest BCUT2D eigenvalue weighted by atomic mass is 32.1. The highest BCUT2D eigenvalue weighted by Crippen LogP contribution is 2.26. The second-order valence-electron chi connectivity index (χ2n) is 3.83. The lowest BCUT2D eigenvalue weighted by atomic mass is 10.3. The predicted molar refractivity (Wildman–Crippen MR) is 72.0 cm³/mol. The minimum absolute atomic E-state index is 0.452. The Morgan fingerprint density at radius 2 is 2.26 bits per heavy atom. The van der Waals surface area contributed by atoms with Gasteiger partial charge in [-0.3, -0.25) is 0 Å². The summed E-state index contributed by atoms with van der Waals surface area (Å²) < 4.78 is 5.20. The third-order valence-electron chi connectivity index (χ3n) is 2.40. The van der Waals surface area contributed by atoms with Gasteiger partial charge in [0.25, 0.3) is 5.89 Å². The Hall–Kier alpha value is -2.04. The number of hydrogen-bond acceptors (Lipinski definition) is 7. The van der Waals surface area contributed by atoms with Crippen molar-refractivity contribution in [1.82, 2.24) is 15.1 Å². The van der Waals surface area contributed by atoms with Gasteiger partial charge in [0.15, 0.2) is 5.82 Å². The molecule has 3 heterocycles. The van der Waals surface area contributed by atoms with Gasteiger partial charge in [-0.15, -0.1) is 22.7 Å². The van der Waals surface area contributed by atoms with Crippen molar-refractivity contribution in [3.63, 3.8) is 0 Å². The number of nitriles is 1. The Labute approximate surface area is 117 Å². The molecule has 0 aromatic carbocycles. The van der Waals surface area contributed by atoms with Crippen LogP contribution in [0, 0.1) is 18.3 Å². The average molecular weight is 288 g/mol. The first-order valence-corrected chi connectivity index (χ1v) is 7.18. The monoisotopic (exact) mass is 288 g/mol. The average Bonchev–Trinajstić information content (AvgIpc) is 3.10. The molecule has 0 aliphatic heterocycles. The topological polar surface area (TPSA) is 75.6 Å². The van der Waals surface area contributed by atoms with Crippen molar-refractivity contribution in [2.75, 3.05) is 0 Å². The molecule has 0 amide bonds. The van der Waals surface area contributed by atoms with Crippen LogP contribution in [0.2, 0.25) is 0 Å². The van der Waals surface area contributed by atoms with Crippen LogP contribution in [0.4, 0.5) is 0 Å². The van der Waals surface area contributed by atoms with Crippen LogP contribution in [0.5, 0.6) is 0 Å². The third-order valence-corrected chi connectivity index (χ3v) is 4.20. The molecule has 0 radical (unpaired) electrons. The molecule has 0 saturated carbocycles.